The summed E-state index contributed by atoms with van der Waals surface area (Å²) in [5.74, 6) is 0. The maximum absolute atomic E-state index is 10.9. The number of nitrogens with one attached hydrogen (secondary N) is 1. The fraction of sp³-hybridized carbons (Fsp3) is 0.200. The molecule has 0 saturated heterocycles. The zero-order chi connectivity index (χ0) is 10.6. The number of benzene rings is 1. The largest absolute Gasteiger partial charge is 0.595 e. The third kappa shape index (κ3) is 2.18. The lowest BCUT2D eigenvalue weighted by Gasteiger charge is -2.17. The highest BCUT2D eigenvalue weighted by molar-refractivity contribution is 5.61. The molecule has 0 aromatic heterocycles. The average molecular weight is 194 g/mol. The van der Waals surface area contributed by atoms with Crippen LogP contribution in [0, 0.1) is 5.21 Å². The SMILES string of the molecule is C/C=C(\c1ccccc1CN)[NH+]([O-])O. The van der Waals surface area contributed by atoms with Crippen LogP contribution in [0.4, 0.5) is 0 Å². The molecule has 76 valence electrons. The molecule has 4 nitrogen and oxygen atoms in total. The van der Waals surface area contributed by atoms with Gasteiger partial charge in [0.25, 0.3) is 0 Å². The quantitative estimate of drug-likeness (QED) is 0.605. The first-order valence-corrected chi connectivity index (χ1v) is 4.38. The Bertz CT molecular complexity index is 335. The summed E-state index contributed by atoms with van der Waals surface area (Å²) >= 11 is 0. The van der Waals surface area contributed by atoms with Gasteiger partial charge >= 0.3 is 0 Å². The summed E-state index contributed by atoms with van der Waals surface area (Å²) in [6.45, 7) is 2.05. The van der Waals surface area contributed by atoms with Gasteiger partial charge in [0.05, 0.1) is 0 Å². The summed E-state index contributed by atoms with van der Waals surface area (Å²) < 4.78 is 0. The Morgan fingerprint density at radius 2 is 2.21 bits per heavy atom. The zero-order valence-electron chi connectivity index (χ0n) is 8.03. The van der Waals surface area contributed by atoms with Crippen molar-refractivity contribution in [3.05, 3.63) is 46.7 Å². The third-order valence-corrected chi connectivity index (χ3v) is 2.05. The van der Waals surface area contributed by atoms with E-state index in [0.717, 1.165) is 5.56 Å². The Morgan fingerprint density at radius 3 is 2.71 bits per heavy atom. The maximum atomic E-state index is 10.9. The van der Waals surface area contributed by atoms with Crippen LogP contribution in [0.25, 0.3) is 5.70 Å². The Morgan fingerprint density at radius 1 is 1.57 bits per heavy atom. The first-order chi connectivity index (χ1) is 6.70. The van der Waals surface area contributed by atoms with Crippen LogP contribution in [0.5, 0.6) is 0 Å². The molecule has 1 unspecified atom stereocenters. The Labute approximate surface area is 82.8 Å². The molecule has 0 aliphatic rings. The average Bonchev–Trinajstić information content (AvgIpc) is 2.19. The highest BCUT2D eigenvalue weighted by Crippen LogP contribution is 2.13. The summed E-state index contributed by atoms with van der Waals surface area (Å²) in [6, 6.07) is 7.26. The fourth-order valence-corrected chi connectivity index (χ4v) is 1.36. The highest BCUT2D eigenvalue weighted by atomic mass is 16.8. The molecule has 0 aliphatic carbocycles. The lowest BCUT2D eigenvalue weighted by molar-refractivity contribution is -0.985. The second-order valence-corrected chi connectivity index (χ2v) is 2.87. The highest BCUT2D eigenvalue weighted by Gasteiger charge is 2.10. The van der Waals surface area contributed by atoms with Gasteiger partial charge in [-0.3, -0.25) is 0 Å². The molecule has 1 aromatic rings. The van der Waals surface area contributed by atoms with Gasteiger partial charge in [0, 0.05) is 12.1 Å². The van der Waals surface area contributed by atoms with Crippen LogP contribution in [-0.4, -0.2) is 5.21 Å². The maximum Gasteiger partial charge on any atom is 0.167 e. The van der Waals surface area contributed by atoms with Crippen molar-refractivity contribution in [3.63, 3.8) is 0 Å². The van der Waals surface area contributed by atoms with Crippen molar-refractivity contribution in [2.75, 3.05) is 0 Å². The lowest BCUT2D eigenvalue weighted by atomic mass is 10.0. The van der Waals surface area contributed by atoms with Gasteiger partial charge in [-0.25, -0.2) is 5.21 Å². The second kappa shape index (κ2) is 4.88. The van der Waals surface area contributed by atoms with E-state index in [1.165, 1.54) is 0 Å². The minimum Gasteiger partial charge on any atom is -0.595 e. The number of hydrogen-bond acceptors (Lipinski definition) is 3. The lowest BCUT2D eigenvalue weighted by Crippen LogP contribution is -3.01. The predicted molar refractivity (Wildman–Crippen MR) is 54.1 cm³/mol. The van der Waals surface area contributed by atoms with E-state index in [1.807, 2.05) is 12.1 Å². The van der Waals surface area contributed by atoms with Crippen LogP contribution in [0.15, 0.2) is 30.3 Å². The zero-order valence-corrected chi connectivity index (χ0v) is 8.03. The van der Waals surface area contributed by atoms with Crippen molar-refractivity contribution in [2.45, 2.75) is 13.5 Å². The monoisotopic (exact) mass is 194 g/mol. The molecule has 4 heteroatoms. The van der Waals surface area contributed by atoms with Crippen LogP contribution >= 0.6 is 0 Å². The van der Waals surface area contributed by atoms with Crippen molar-refractivity contribution in [1.29, 1.82) is 0 Å². The van der Waals surface area contributed by atoms with Crippen LogP contribution in [-0.2, 0) is 6.54 Å². The molecule has 0 saturated carbocycles. The minimum absolute atomic E-state index is 0.297. The van der Waals surface area contributed by atoms with E-state index in [0.29, 0.717) is 17.8 Å². The molecule has 0 amide bonds. The summed E-state index contributed by atoms with van der Waals surface area (Å²) in [6.07, 6.45) is 1.58. The summed E-state index contributed by atoms with van der Waals surface area (Å²) in [7, 11) is 0. The standard InChI is InChI=1S/C10H14N2O2/c1-2-10(12(13)14)9-6-4-3-5-8(9)7-11/h2-6,12-13H,7,11H2,1H3/b10-2+. The van der Waals surface area contributed by atoms with Crippen LogP contribution in [0.3, 0.4) is 0 Å². The van der Waals surface area contributed by atoms with Gasteiger partial charge in [0.1, 0.15) is 0 Å². The molecule has 0 radical (unpaired) electrons. The molecule has 1 aromatic carbocycles. The van der Waals surface area contributed by atoms with E-state index in [1.54, 1.807) is 25.1 Å². The summed E-state index contributed by atoms with van der Waals surface area (Å²) in [4.78, 5) is 0. The normalized spacial score (nSPS) is 14.1. The molecular formula is C10H14N2O2. The smallest absolute Gasteiger partial charge is 0.167 e. The van der Waals surface area contributed by atoms with Gasteiger partial charge in [-0.1, -0.05) is 18.2 Å². The third-order valence-electron chi connectivity index (χ3n) is 2.05. The molecule has 14 heavy (non-hydrogen) atoms. The predicted octanol–water partition coefficient (Wildman–Crippen LogP) is 0.278. The number of nitrogens with two attached hydrogens (primary N) is 1. The van der Waals surface area contributed by atoms with Crippen molar-refractivity contribution in [1.82, 2.24) is 0 Å². The van der Waals surface area contributed by atoms with E-state index in [9.17, 15) is 5.21 Å². The van der Waals surface area contributed by atoms with Crippen molar-refractivity contribution < 1.29 is 10.4 Å². The number of hydrogen-bond donors (Lipinski definition) is 3. The number of rotatable bonds is 3. The molecule has 0 heterocycles. The Balaban J connectivity index is 3.16. The summed E-state index contributed by atoms with van der Waals surface area (Å²) in [5, 5.41) is 18.9. The number of hydroxylamine groups is 2. The fourth-order valence-electron chi connectivity index (χ4n) is 1.36. The molecule has 1 rings (SSSR count). The van der Waals surface area contributed by atoms with E-state index in [-0.39, 0.29) is 0 Å². The van der Waals surface area contributed by atoms with Gasteiger partial charge in [0.15, 0.2) is 5.70 Å². The van der Waals surface area contributed by atoms with Gasteiger partial charge in [-0.2, -0.15) is 5.23 Å². The Kier molecular flexibility index (Phi) is 3.79. The van der Waals surface area contributed by atoms with Crippen LogP contribution in [0.1, 0.15) is 18.1 Å². The first kappa shape index (κ1) is 10.9. The van der Waals surface area contributed by atoms with Crippen molar-refractivity contribution in [2.24, 2.45) is 5.73 Å². The molecule has 0 spiro atoms. The van der Waals surface area contributed by atoms with Gasteiger partial charge < -0.3 is 10.9 Å². The van der Waals surface area contributed by atoms with Gasteiger partial charge in [-0.15, -0.1) is 0 Å². The topological polar surface area (TPSA) is 73.8 Å². The molecule has 0 fully saturated rings. The minimum atomic E-state index is -0.923. The van der Waals surface area contributed by atoms with Crippen LogP contribution in [0.2, 0.25) is 0 Å². The van der Waals surface area contributed by atoms with Gasteiger partial charge in [-0.05, 0) is 24.6 Å². The molecule has 1 atom stereocenters. The molecular weight excluding hydrogens is 180 g/mol. The Hall–Kier alpha value is -1.20. The molecule has 0 aliphatic heterocycles. The van der Waals surface area contributed by atoms with Crippen molar-refractivity contribution in [3.8, 4) is 0 Å². The van der Waals surface area contributed by atoms with Crippen LogP contribution < -0.4 is 11.0 Å². The second-order valence-electron chi connectivity index (χ2n) is 2.87. The first-order valence-electron chi connectivity index (χ1n) is 4.38. The van der Waals surface area contributed by atoms with Crippen molar-refractivity contribution >= 4 is 5.70 Å². The van der Waals surface area contributed by atoms with E-state index in [2.05, 4.69) is 0 Å². The number of quaternary nitrogens is 1. The van der Waals surface area contributed by atoms with E-state index in [4.69, 9.17) is 10.9 Å². The summed E-state index contributed by atoms with van der Waals surface area (Å²) in [5.41, 5.74) is 7.37. The number of allylic oxidation sites excluding steroid dienone is 1. The van der Waals surface area contributed by atoms with E-state index >= 15 is 0 Å². The molecule has 0 bridgehead atoms. The molecule has 4 N–H and O–H groups in total. The van der Waals surface area contributed by atoms with E-state index < -0.39 is 5.23 Å². The van der Waals surface area contributed by atoms with Gasteiger partial charge in [0.2, 0.25) is 0 Å².